The largest absolute Gasteiger partial charge is 0.490 e. The molecule has 1 heterocycles. The summed E-state index contributed by atoms with van der Waals surface area (Å²) in [6.45, 7) is 6.86. The molecule has 40 heavy (non-hydrogen) atoms. The summed E-state index contributed by atoms with van der Waals surface area (Å²) in [4.78, 5) is 39.4. The molecule has 216 valence electrons. The Morgan fingerprint density at radius 2 is 1.68 bits per heavy atom. The predicted octanol–water partition coefficient (Wildman–Crippen LogP) is 5.96. The van der Waals surface area contributed by atoms with Crippen molar-refractivity contribution in [2.45, 2.75) is 71.3 Å². The van der Waals surface area contributed by atoms with E-state index in [0.29, 0.717) is 56.6 Å². The zero-order valence-corrected chi connectivity index (χ0v) is 23.6. The predicted molar refractivity (Wildman–Crippen MR) is 152 cm³/mol. The Morgan fingerprint density at radius 1 is 0.975 bits per heavy atom. The van der Waals surface area contributed by atoms with Crippen LogP contribution in [-0.2, 0) is 9.53 Å². The van der Waals surface area contributed by atoms with Gasteiger partial charge in [-0.25, -0.2) is 4.39 Å². The van der Waals surface area contributed by atoms with Gasteiger partial charge in [0.2, 0.25) is 0 Å². The Hall–Kier alpha value is -3.42. The molecule has 0 radical (unpaired) electrons. The maximum atomic E-state index is 14.7. The molecule has 1 aliphatic heterocycles. The molecule has 0 atom stereocenters. The average molecular weight is 553 g/mol. The van der Waals surface area contributed by atoms with Crippen molar-refractivity contribution in [3.8, 4) is 5.75 Å². The number of hydrogen-bond donors (Lipinski definition) is 1. The SMILES string of the molecule is CCOC(=O)C1CCC(Oc2ccc(C(=O)CCCNC(=O)c3ccc(N4CCC(C)CC4)cc3)c(F)c2)CC1. The minimum absolute atomic E-state index is 0.0207. The molecule has 0 aromatic heterocycles. The number of amides is 1. The number of benzene rings is 2. The zero-order valence-electron chi connectivity index (χ0n) is 23.6. The van der Waals surface area contributed by atoms with Crippen LogP contribution in [0, 0.1) is 17.7 Å². The highest BCUT2D eigenvalue weighted by molar-refractivity contribution is 5.96. The number of ether oxygens (including phenoxy) is 2. The molecule has 7 nitrogen and oxygen atoms in total. The van der Waals surface area contributed by atoms with Gasteiger partial charge in [-0.1, -0.05) is 6.92 Å². The van der Waals surface area contributed by atoms with Gasteiger partial charge < -0.3 is 19.7 Å². The third-order valence-electron chi connectivity index (χ3n) is 7.98. The Balaban J connectivity index is 1.17. The van der Waals surface area contributed by atoms with Crippen molar-refractivity contribution < 1.29 is 28.2 Å². The summed E-state index contributed by atoms with van der Waals surface area (Å²) in [5.41, 5.74) is 1.73. The van der Waals surface area contributed by atoms with E-state index in [1.165, 1.54) is 25.0 Å². The number of hydrogen-bond acceptors (Lipinski definition) is 6. The van der Waals surface area contributed by atoms with Gasteiger partial charge in [0, 0.05) is 43.4 Å². The summed E-state index contributed by atoms with van der Waals surface area (Å²) in [7, 11) is 0. The van der Waals surface area contributed by atoms with Crippen LogP contribution in [0.2, 0.25) is 0 Å². The average Bonchev–Trinajstić information content (AvgIpc) is 2.96. The van der Waals surface area contributed by atoms with Crippen LogP contribution < -0.4 is 15.0 Å². The first-order valence-corrected chi connectivity index (χ1v) is 14.6. The molecule has 0 unspecified atom stereocenters. The minimum atomic E-state index is -0.616. The fraction of sp³-hybridized carbons (Fsp3) is 0.531. The number of nitrogens with one attached hydrogen (secondary N) is 1. The normalized spacial score (nSPS) is 19.6. The highest BCUT2D eigenvalue weighted by Crippen LogP contribution is 2.29. The molecule has 0 spiro atoms. The van der Waals surface area contributed by atoms with Gasteiger partial charge in [0.1, 0.15) is 11.6 Å². The summed E-state index contributed by atoms with van der Waals surface area (Å²) < 4.78 is 25.7. The summed E-state index contributed by atoms with van der Waals surface area (Å²) in [6.07, 6.45) is 5.56. The lowest BCUT2D eigenvalue weighted by Gasteiger charge is -2.32. The van der Waals surface area contributed by atoms with E-state index >= 15 is 0 Å². The Morgan fingerprint density at radius 3 is 2.33 bits per heavy atom. The van der Waals surface area contributed by atoms with Crippen molar-refractivity contribution in [1.29, 1.82) is 0 Å². The van der Waals surface area contributed by atoms with E-state index in [9.17, 15) is 18.8 Å². The Labute approximate surface area is 236 Å². The van der Waals surface area contributed by atoms with Gasteiger partial charge in [0.15, 0.2) is 5.78 Å². The van der Waals surface area contributed by atoms with Gasteiger partial charge in [-0.3, -0.25) is 14.4 Å². The molecule has 8 heteroatoms. The molecule has 1 aliphatic carbocycles. The first-order valence-electron chi connectivity index (χ1n) is 14.6. The summed E-state index contributed by atoms with van der Waals surface area (Å²) in [5.74, 6) is -0.235. The molecule has 2 aromatic carbocycles. The molecule has 4 rings (SSSR count). The lowest BCUT2D eigenvalue weighted by Crippen LogP contribution is -2.32. The molecule has 2 aliphatic rings. The number of ketones is 1. The number of rotatable bonds is 11. The molecule has 1 saturated heterocycles. The maximum absolute atomic E-state index is 14.7. The lowest BCUT2D eigenvalue weighted by atomic mass is 9.87. The number of anilines is 1. The topological polar surface area (TPSA) is 84.9 Å². The smallest absolute Gasteiger partial charge is 0.308 e. The number of halogens is 1. The molecule has 1 saturated carbocycles. The Bertz CT molecular complexity index is 1150. The van der Waals surface area contributed by atoms with Crippen LogP contribution in [0.1, 0.15) is 85.9 Å². The molecule has 1 N–H and O–H groups in total. The third kappa shape index (κ3) is 8.05. The van der Waals surface area contributed by atoms with Gasteiger partial charge in [0.05, 0.1) is 24.2 Å². The maximum Gasteiger partial charge on any atom is 0.308 e. The van der Waals surface area contributed by atoms with E-state index in [0.717, 1.165) is 24.7 Å². The van der Waals surface area contributed by atoms with Gasteiger partial charge in [0.25, 0.3) is 5.91 Å². The summed E-state index contributed by atoms with van der Waals surface area (Å²) in [5, 5.41) is 2.85. The van der Waals surface area contributed by atoms with E-state index < -0.39 is 5.82 Å². The van der Waals surface area contributed by atoms with Crippen molar-refractivity contribution in [3.05, 3.63) is 59.4 Å². The van der Waals surface area contributed by atoms with Gasteiger partial charge in [-0.05, 0) is 94.2 Å². The second-order valence-electron chi connectivity index (χ2n) is 11.0. The number of piperidine rings is 1. The van der Waals surface area contributed by atoms with Crippen LogP contribution in [0.3, 0.4) is 0 Å². The van der Waals surface area contributed by atoms with Gasteiger partial charge in [-0.2, -0.15) is 0 Å². The molecular formula is C32H41FN2O5. The van der Waals surface area contributed by atoms with Gasteiger partial charge in [-0.15, -0.1) is 0 Å². The number of carbonyl (C=O) groups is 3. The van der Waals surface area contributed by atoms with Crippen molar-refractivity contribution in [3.63, 3.8) is 0 Å². The molecule has 2 aromatic rings. The summed E-state index contributed by atoms with van der Waals surface area (Å²) >= 11 is 0. The highest BCUT2D eigenvalue weighted by Gasteiger charge is 2.28. The number of Topliss-reactive ketones (excluding diaryl/α,β-unsaturated/α-hetero) is 1. The van der Waals surface area contributed by atoms with Crippen molar-refractivity contribution in [2.75, 3.05) is 31.1 Å². The molecule has 0 bridgehead atoms. The number of nitrogens with zero attached hydrogens (tertiary/aromatic N) is 1. The molecule has 1 amide bonds. The fourth-order valence-corrected chi connectivity index (χ4v) is 5.44. The minimum Gasteiger partial charge on any atom is -0.490 e. The fourth-order valence-electron chi connectivity index (χ4n) is 5.44. The van der Waals surface area contributed by atoms with Crippen molar-refractivity contribution in [1.82, 2.24) is 5.32 Å². The van der Waals surface area contributed by atoms with E-state index in [2.05, 4.69) is 17.1 Å². The number of esters is 1. The quantitative estimate of drug-likeness (QED) is 0.211. The standard InChI is InChI=1S/C32H41FN2O5/c1-3-39-32(38)24-8-12-26(13-9-24)40-27-14-15-28(29(33)21-27)30(36)5-4-18-34-31(37)23-6-10-25(11-7-23)35-19-16-22(2)17-20-35/h6-7,10-11,14-15,21-22,24,26H,3-5,8-9,12-13,16-20H2,1-2H3,(H,34,37). The van der Waals surface area contributed by atoms with Crippen LogP contribution in [0.5, 0.6) is 5.75 Å². The number of carbonyl (C=O) groups excluding carboxylic acids is 3. The monoisotopic (exact) mass is 552 g/mol. The summed E-state index contributed by atoms with van der Waals surface area (Å²) in [6, 6.07) is 12.0. The van der Waals surface area contributed by atoms with Crippen LogP contribution in [0.4, 0.5) is 10.1 Å². The third-order valence-corrected chi connectivity index (χ3v) is 7.98. The highest BCUT2D eigenvalue weighted by atomic mass is 19.1. The lowest BCUT2D eigenvalue weighted by molar-refractivity contribution is -0.149. The zero-order chi connectivity index (χ0) is 28.5. The van der Waals surface area contributed by atoms with E-state index in [4.69, 9.17) is 9.47 Å². The van der Waals surface area contributed by atoms with E-state index in [1.807, 2.05) is 24.3 Å². The van der Waals surface area contributed by atoms with Crippen LogP contribution in [0.15, 0.2) is 42.5 Å². The molecular weight excluding hydrogens is 511 g/mol. The van der Waals surface area contributed by atoms with Crippen molar-refractivity contribution >= 4 is 23.3 Å². The first-order chi connectivity index (χ1) is 19.3. The first kappa shape index (κ1) is 29.6. The second kappa shape index (κ2) is 14.3. The molecule has 2 fully saturated rings. The van der Waals surface area contributed by atoms with E-state index in [1.54, 1.807) is 13.0 Å². The van der Waals surface area contributed by atoms with E-state index in [-0.39, 0.29) is 41.7 Å². The van der Waals surface area contributed by atoms with Crippen molar-refractivity contribution in [2.24, 2.45) is 11.8 Å². The second-order valence-corrected chi connectivity index (χ2v) is 11.0. The van der Waals surface area contributed by atoms with Crippen LogP contribution in [-0.4, -0.2) is 50.0 Å². The van der Waals surface area contributed by atoms with Gasteiger partial charge >= 0.3 is 5.97 Å². The Kier molecular flexibility index (Phi) is 10.6. The van der Waals surface area contributed by atoms with Crippen LogP contribution in [0.25, 0.3) is 0 Å². The van der Waals surface area contributed by atoms with Crippen LogP contribution >= 0.6 is 0 Å².